The first-order valence-electron chi connectivity index (χ1n) is 11.7. The summed E-state index contributed by atoms with van der Waals surface area (Å²) in [6.07, 6.45) is 7.57. The van der Waals surface area contributed by atoms with Crippen molar-refractivity contribution in [2.24, 2.45) is 11.3 Å². The van der Waals surface area contributed by atoms with Crippen molar-refractivity contribution < 1.29 is 39.8 Å². The van der Waals surface area contributed by atoms with Crippen molar-refractivity contribution in [3.05, 3.63) is 0 Å². The SMILES string of the molecule is CO[Si](CCC1CCCCC1(CC[Si](OC)(OC)OC)CC[Si](OC)(OC)OC)(OC)OC. The van der Waals surface area contributed by atoms with E-state index in [-0.39, 0.29) is 5.41 Å². The van der Waals surface area contributed by atoms with Crippen LogP contribution < -0.4 is 0 Å². The van der Waals surface area contributed by atoms with Gasteiger partial charge in [0.1, 0.15) is 0 Å². The van der Waals surface area contributed by atoms with Gasteiger partial charge in [0.2, 0.25) is 0 Å². The predicted molar refractivity (Wildman–Crippen MR) is 133 cm³/mol. The normalized spacial score (nSPS) is 19.7. The van der Waals surface area contributed by atoms with Gasteiger partial charge < -0.3 is 39.8 Å². The van der Waals surface area contributed by atoms with Gasteiger partial charge in [0.25, 0.3) is 0 Å². The molecule has 1 atom stereocenters. The Hall–Kier alpha value is 0.291. The monoisotopic (exact) mass is 528 g/mol. The molecule has 1 fully saturated rings. The van der Waals surface area contributed by atoms with E-state index < -0.39 is 26.4 Å². The van der Waals surface area contributed by atoms with Crippen LogP contribution in [-0.4, -0.2) is 90.4 Å². The lowest BCUT2D eigenvalue weighted by atomic mass is 9.62. The third kappa shape index (κ3) is 7.89. The van der Waals surface area contributed by atoms with Crippen molar-refractivity contribution in [1.82, 2.24) is 0 Å². The van der Waals surface area contributed by atoms with Crippen LogP contribution in [0.25, 0.3) is 0 Å². The fourth-order valence-electron chi connectivity index (χ4n) is 5.44. The zero-order chi connectivity index (χ0) is 25.0. The van der Waals surface area contributed by atoms with E-state index in [0.717, 1.165) is 50.2 Å². The van der Waals surface area contributed by atoms with Crippen LogP contribution in [-0.2, 0) is 39.8 Å². The Labute approximate surface area is 204 Å². The Balaban J connectivity index is 3.22. The summed E-state index contributed by atoms with van der Waals surface area (Å²) in [5.74, 6) is 0.480. The first-order valence-corrected chi connectivity index (χ1v) is 17.5. The van der Waals surface area contributed by atoms with Crippen molar-refractivity contribution in [2.45, 2.75) is 63.1 Å². The van der Waals surface area contributed by atoms with Gasteiger partial charge in [-0.25, -0.2) is 0 Å². The molecule has 0 aromatic heterocycles. The molecule has 1 saturated carbocycles. The maximum absolute atomic E-state index is 5.76. The highest BCUT2D eigenvalue weighted by atomic mass is 28.4. The summed E-state index contributed by atoms with van der Waals surface area (Å²) in [4.78, 5) is 0. The summed E-state index contributed by atoms with van der Waals surface area (Å²) in [6, 6.07) is 2.30. The molecule has 0 saturated heterocycles. The van der Waals surface area contributed by atoms with Crippen LogP contribution in [0.15, 0.2) is 0 Å². The van der Waals surface area contributed by atoms with Crippen LogP contribution in [0.1, 0.15) is 44.9 Å². The van der Waals surface area contributed by atoms with E-state index in [1.807, 2.05) is 0 Å². The van der Waals surface area contributed by atoms with Gasteiger partial charge in [-0.15, -0.1) is 0 Å². The Bertz CT molecular complexity index is 480. The quantitative estimate of drug-likeness (QED) is 0.245. The molecule has 0 aliphatic heterocycles. The molecule has 9 nitrogen and oxygen atoms in total. The van der Waals surface area contributed by atoms with Gasteiger partial charge in [-0.05, 0) is 43.4 Å². The summed E-state index contributed by atoms with van der Waals surface area (Å²) in [5.41, 5.74) is 0.0648. The van der Waals surface area contributed by atoms with Crippen molar-refractivity contribution in [3.8, 4) is 0 Å². The van der Waals surface area contributed by atoms with E-state index in [4.69, 9.17) is 39.8 Å². The average Bonchev–Trinajstić information content (AvgIpc) is 2.88. The van der Waals surface area contributed by atoms with Gasteiger partial charge in [0.15, 0.2) is 0 Å². The van der Waals surface area contributed by atoms with Crippen molar-refractivity contribution in [1.29, 1.82) is 0 Å². The molecular formula is C21H48O9Si3. The van der Waals surface area contributed by atoms with Gasteiger partial charge in [0.05, 0.1) is 0 Å². The average molecular weight is 529 g/mol. The van der Waals surface area contributed by atoms with Gasteiger partial charge in [0, 0.05) is 82.1 Å². The van der Waals surface area contributed by atoms with Gasteiger partial charge in [-0.1, -0.05) is 12.8 Å². The maximum atomic E-state index is 5.76. The molecule has 0 aromatic carbocycles. The van der Waals surface area contributed by atoms with E-state index >= 15 is 0 Å². The fourth-order valence-corrected chi connectivity index (χ4v) is 11.1. The molecule has 1 aliphatic rings. The molecular weight excluding hydrogens is 480 g/mol. The van der Waals surface area contributed by atoms with Crippen LogP contribution >= 0.6 is 0 Å². The van der Waals surface area contributed by atoms with Crippen molar-refractivity contribution in [2.75, 3.05) is 64.0 Å². The van der Waals surface area contributed by atoms with Crippen LogP contribution in [0.5, 0.6) is 0 Å². The minimum absolute atomic E-state index is 0.0648. The third-order valence-electron chi connectivity index (χ3n) is 7.80. The predicted octanol–water partition coefficient (Wildman–Crippen LogP) is 3.97. The number of hydrogen-bond acceptors (Lipinski definition) is 9. The van der Waals surface area contributed by atoms with E-state index in [2.05, 4.69) is 0 Å². The van der Waals surface area contributed by atoms with E-state index in [9.17, 15) is 0 Å². The highest BCUT2D eigenvalue weighted by Crippen LogP contribution is 2.52. The molecule has 33 heavy (non-hydrogen) atoms. The van der Waals surface area contributed by atoms with E-state index in [1.165, 1.54) is 12.8 Å². The zero-order valence-electron chi connectivity index (χ0n) is 22.3. The van der Waals surface area contributed by atoms with Gasteiger partial charge >= 0.3 is 26.4 Å². The molecule has 0 amide bonds. The second kappa shape index (κ2) is 14.8. The summed E-state index contributed by atoms with van der Waals surface area (Å²) < 4.78 is 51.7. The maximum Gasteiger partial charge on any atom is 0.500 e. The number of rotatable bonds is 18. The Morgan fingerprint density at radius 2 is 0.909 bits per heavy atom. The summed E-state index contributed by atoms with van der Waals surface area (Å²) in [6.45, 7) is 0. The second-order valence-electron chi connectivity index (χ2n) is 8.73. The summed E-state index contributed by atoms with van der Waals surface area (Å²) in [5, 5.41) is 0. The number of hydrogen-bond donors (Lipinski definition) is 0. The standard InChI is InChI=1S/C21H48O9Si3/c1-22-31(23-2,24-3)17-13-20-12-10-11-14-21(20,15-18-32(25-4,26-5)27-6)16-19-33(28-7,29-8)30-9/h20H,10-19H2,1-9H3. The third-order valence-corrected chi connectivity index (χ3v) is 16.0. The Morgan fingerprint density at radius 3 is 1.27 bits per heavy atom. The van der Waals surface area contributed by atoms with Gasteiger partial charge in [-0.2, -0.15) is 0 Å². The lowest BCUT2D eigenvalue weighted by molar-refractivity contribution is 0.0492. The highest BCUT2D eigenvalue weighted by molar-refractivity contribution is 6.61. The highest BCUT2D eigenvalue weighted by Gasteiger charge is 2.49. The second-order valence-corrected chi connectivity index (χ2v) is 18.0. The molecule has 198 valence electrons. The smallest absolute Gasteiger partial charge is 0.377 e. The minimum atomic E-state index is -2.71. The Morgan fingerprint density at radius 1 is 0.545 bits per heavy atom. The largest absolute Gasteiger partial charge is 0.500 e. The van der Waals surface area contributed by atoms with Crippen LogP contribution in [0, 0.1) is 11.3 Å². The van der Waals surface area contributed by atoms with E-state index in [1.54, 1.807) is 64.0 Å². The fraction of sp³-hybridized carbons (Fsp3) is 1.00. The topological polar surface area (TPSA) is 83.1 Å². The van der Waals surface area contributed by atoms with Gasteiger partial charge in [-0.3, -0.25) is 0 Å². The first kappa shape index (κ1) is 31.3. The molecule has 0 spiro atoms. The summed E-state index contributed by atoms with van der Waals surface area (Å²) >= 11 is 0. The van der Waals surface area contributed by atoms with Crippen molar-refractivity contribution in [3.63, 3.8) is 0 Å². The zero-order valence-corrected chi connectivity index (χ0v) is 25.3. The van der Waals surface area contributed by atoms with Crippen LogP contribution in [0.2, 0.25) is 18.1 Å². The molecule has 1 unspecified atom stereocenters. The minimum Gasteiger partial charge on any atom is -0.377 e. The lowest BCUT2D eigenvalue weighted by Crippen LogP contribution is -2.48. The molecule has 0 aromatic rings. The van der Waals surface area contributed by atoms with Crippen molar-refractivity contribution >= 4 is 26.4 Å². The molecule has 0 radical (unpaired) electrons. The molecule has 0 bridgehead atoms. The molecule has 0 heterocycles. The lowest BCUT2D eigenvalue weighted by Gasteiger charge is -2.47. The first-order chi connectivity index (χ1) is 15.8. The van der Waals surface area contributed by atoms with Crippen LogP contribution in [0.4, 0.5) is 0 Å². The Kier molecular flexibility index (Phi) is 14.0. The summed E-state index contributed by atoms with van der Waals surface area (Å²) in [7, 11) is 7.05. The molecule has 1 aliphatic carbocycles. The molecule has 1 rings (SSSR count). The molecule has 0 N–H and O–H groups in total. The van der Waals surface area contributed by atoms with Crippen LogP contribution in [0.3, 0.4) is 0 Å². The van der Waals surface area contributed by atoms with E-state index in [0.29, 0.717) is 5.92 Å². The molecule has 12 heteroatoms.